The fourth-order valence-corrected chi connectivity index (χ4v) is 1.62. The number of hydrogen-bond acceptors (Lipinski definition) is 3. The molecular weight excluding hydrogens is 190 g/mol. The lowest BCUT2D eigenvalue weighted by Gasteiger charge is -2.18. The van der Waals surface area contributed by atoms with Crippen molar-refractivity contribution in [2.75, 3.05) is 5.73 Å². The summed E-state index contributed by atoms with van der Waals surface area (Å²) < 4.78 is 1.93. The first kappa shape index (κ1) is 9.98. The van der Waals surface area contributed by atoms with E-state index in [0.29, 0.717) is 12.2 Å². The zero-order valence-corrected chi connectivity index (χ0v) is 8.94. The summed E-state index contributed by atoms with van der Waals surface area (Å²) in [6.07, 6.45) is 1.72. The van der Waals surface area contributed by atoms with Gasteiger partial charge in [-0.2, -0.15) is 0 Å². The van der Waals surface area contributed by atoms with E-state index in [1.807, 2.05) is 22.8 Å². The molecule has 80 valence electrons. The maximum absolute atomic E-state index is 9.73. The summed E-state index contributed by atoms with van der Waals surface area (Å²) in [4.78, 5) is 4.24. The fourth-order valence-electron chi connectivity index (χ4n) is 1.62. The third-order valence-electron chi connectivity index (χ3n) is 2.20. The van der Waals surface area contributed by atoms with Crippen LogP contribution in [0, 0.1) is 0 Å². The molecule has 0 unspecified atom stereocenters. The molecule has 2 aromatic rings. The van der Waals surface area contributed by atoms with E-state index in [9.17, 15) is 5.11 Å². The molecule has 1 aromatic heterocycles. The van der Waals surface area contributed by atoms with Gasteiger partial charge in [-0.3, -0.25) is 0 Å². The first-order chi connectivity index (χ1) is 6.96. The first-order valence-corrected chi connectivity index (χ1v) is 4.88. The lowest BCUT2D eigenvalue weighted by molar-refractivity contribution is 0.0627. The quantitative estimate of drug-likeness (QED) is 0.728. The molecule has 2 rings (SSSR count). The third kappa shape index (κ3) is 2.10. The summed E-state index contributed by atoms with van der Waals surface area (Å²) in [5, 5.41) is 9.73. The molecule has 4 nitrogen and oxygen atoms in total. The molecule has 0 saturated carbocycles. The highest BCUT2D eigenvalue weighted by Crippen LogP contribution is 2.18. The monoisotopic (exact) mass is 205 g/mol. The van der Waals surface area contributed by atoms with Crippen LogP contribution in [0.4, 0.5) is 5.69 Å². The zero-order chi connectivity index (χ0) is 11.1. The Morgan fingerprint density at radius 3 is 2.87 bits per heavy atom. The number of imidazole rings is 1. The molecule has 0 atom stereocenters. The van der Waals surface area contributed by atoms with E-state index >= 15 is 0 Å². The van der Waals surface area contributed by atoms with Gasteiger partial charge in [-0.25, -0.2) is 4.98 Å². The number of nitrogens with zero attached hydrogens (tertiary/aromatic N) is 2. The van der Waals surface area contributed by atoms with Crippen molar-refractivity contribution in [3.63, 3.8) is 0 Å². The number of aromatic nitrogens is 2. The van der Waals surface area contributed by atoms with Crippen LogP contribution in [0.25, 0.3) is 11.0 Å². The molecule has 1 heterocycles. The minimum Gasteiger partial charge on any atom is -0.399 e. The van der Waals surface area contributed by atoms with Gasteiger partial charge in [0.25, 0.3) is 0 Å². The van der Waals surface area contributed by atoms with E-state index in [1.54, 1.807) is 20.2 Å². The van der Waals surface area contributed by atoms with Crippen LogP contribution in [0.15, 0.2) is 24.5 Å². The molecular formula is C11H15N3O. The van der Waals surface area contributed by atoms with Crippen molar-refractivity contribution in [3.8, 4) is 0 Å². The van der Waals surface area contributed by atoms with Gasteiger partial charge >= 0.3 is 0 Å². The third-order valence-corrected chi connectivity index (χ3v) is 2.20. The highest BCUT2D eigenvalue weighted by Gasteiger charge is 2.14. The maximum Gasteiger partial charge on any atom is 0.0959 e. The van der Waals surface area contributed by atoms with E-state index < -0.39 is 5.60 Å². The Bertz CT molecular complexity index is 482. The molecule has 0 bridgehead atoms. The Labute approximate surface area is 88.3 Å². The van der Waals surface area contributed by atoms with Crippen LogP contribution in [0.5, 0.6) is 0 Å². The predicted molar refractivity (Wildman–Crippen MR) is 60.4 cm³/mol. The van der Waals surface area contributed by atoms with Gasteiger partial charge in [-0.05, 0) is 32.0 Å². The number of aliphatic hydroxyl groups is 1. The van der Waals surface area contributed by atoms with Crippen LogP contribution in [-0.2, 0) is 6.54 Å². The number of rotatable bonds is 2. The predicted octanol–water partition coefficient (Wildman–Crippen LogP) is 1.39. The summed E-state index contributed by atoms with van der Waals surface area (Å²) in [7, 11) is 0. The van der Waals surface area contributed by atoms with Gasteiger partial charge in [0.2, 0.25) is 0 Å². The lowest BCUT2D eigenvalue weighted by atomic mass is 10.1. The molecule has 0 fully saturated rings. The molecule has 1 aromatic carbocycles. The maximum atomic E-state index is 9.73. The number of nitrogen functional groups attached to an aromatic ring is 1. The van der Waals surface area contributed by atoms with Crippen LogP contribution >= 0.6 is 0 Å². The first-order valence-electron chi connectivity index (χ1n) is 4.88. The fraction of sp³-hybridized carbons (Fsp3) is 0.364. The summed E-state index contributed by atoms with van der Waals surface area (Å²) in [5.74, 6) is 0. The summed E-state index contributed by atoms with van der Waals surface area (Å²) in [6, 6.07) is 5.59. The zero-order valence-electron chi connectivity index (χ0n) is 8.94. The number of benzene rings is 1. The van der Waals surface area contributed by atoms with Crippen LogP contribution in [-0.4, -0.2) is 20.3 Å². The second kappa shape index (κ2) is 3.24. The number of anilines is 1. The number of hydrogen-bond donors (Lipinski definition) is 2. The van der Waals surface area contributed by atoms with Crippen molar-refractivity contribution in [3.05, 3.63) is 24.5 Å². The van der Waals surface area contributed by atoms with Crippen LogP contribution in [0.2, 0.25) is 0 Å². The Morgan fingerprint density at radius 2 is 2.20 bits per heavy atom. The smallest absolute Gasteiger partial charge is 0.0959 e. The van der Waals surface area contributed by atoms with E-state index in [1.165, 1.54) is 0 Å². The van der Waals surface area contributed by atoms with Crippen molar-refractivity contribution in [1.29, 1.82) is 0 Å². The van der Waals surface area contributed by atoms with Crippen LogP contribution in [0.1, 0.15) is 13.8 Å². The van der Waals surface area contributed by atoms with E-state index in [0.717, 1.165) is 11.0 Å². The van der Waals surface area contributed by atoms with E-state index in [-0.39, 0.29) is 0 Å². The van der Waals surface area contributed by atoms with Gasteiger partial charge in [0.05, 0.1) is 29.5 Å². The van der Waals surface area contributed by atoms with E-state index in [4.69, 9.17) is 5.73 Å². The summed E-state index contributed by atoms with van der Waals surface area (Å²) in [5.41, 5.74) is 7.48. The SMILES string of the molecule is CC(C)(O)Cn1cnc2cc(N)ccc21. The number of fused-ring (bicyclic) bond motifs is 1. The van der Waals surface area contributed by atoms with Gasteiger partial charge in [-0.15, -0.1) is 0 Å². The molecule has 15 heavy (non-hydrogen) atoms. The molecule has 0 radical (unpaired) electrons. The van der Waals surface area contributed by atoms with Crippen LogP contribution in [0.3, 0.4) is 0 Å². The summed E-state index contributed by atoms with van der Waals surface area (Å²) in [6.45, 7) is 4.07. The Balaban J connectivity index is 2.45. The Morgan fingerprint density at radius 1 is 1.47 bits per heavy atom. The Hall–Kier alpha value is -1.55. The molecule has 0 aliphatic heterocycles. The minimum absolute atomic E-state index is 0.521. The van der Waals surface area contributed by atoms with Gasteiger partial charge in [0, 0.05) is 5.69 Å². The second-order valence-electron chi connectivity index (χ2n) is 4.43. The number of nitrogens with two attached hydrogens (primary N) is 1. The molecule has 0 amide bonds. The topological polar surface area (TPSA) is 64.1 Å². The normalized spacial score (nSPS) is 12.2. The summed E-state index contributed by atoms with van der Waals surface area (Å²) >= 11 is 0. The molecule has 0 spiro atoms. The van der Waals surface area contributed by atoms with Crippen molar-refractivity contribution >= 4 is 16.7 Å². The van der Waals surface area contributed by atoms with Gasteiger partial charge in [0.15, 0.2) is 0 Å². The van der Waals surface area contributed by atoms with Crippen molar-refractivity contribution in [2.24, 2.45) is 0 Å². The van der Waals surface area contributed by atoms with Gasteiger partial charge in [0.1, 0.15) is 0 Å². The highest BCUT2D eigenvalue weighted by atomic mass is 16.3. The highest BCUT2D eigenvalue weighted by molar-refractivity contribution is 5.78. The second-order valence-corrected chi connectivity index (χ2v) is 4.43. The van der Waals surface area contributed by atoms with Gasteiger partial charge in [-0.1, -0.05) is 0 Å². The van der Waals surface area contributed by atoms with Crippen molar-refractivity contribution < 1.29 is 5.11 Å². The average Bonchev–Trinajstić information content (AvgIpc) is 2.45. The minimum atomic E-state index is -0.741. The average molecular weight is 205 g/mol. The molecule has 4 heteroatoms. The molecule has 0 saturated heterocycles. The van der Waals surface area contributed by atoms with Gasteiger partial charge < -0.3 is 15.4 Å². The van der Waals surface area contributed by atoms with Crippen molar-refractivity contribution in [1.82, 2.24) is 9.55 Å². The largest absolute Gasteiger partial charge is 0.399 e. The Kier molecular flexibility index (Phi) is 2.16. The van der Waals surface area contributed by atoms with Crippen molar-refractivity contribution in [2.45, 2.75) is 26.0 Å². The molecule has 3 N–H and O–H groups in total. The standard InChI is InChI=1S/C11H15N3O/c1-11(2,15)6-14-7-13-9-5-8(12)3-4-10(9)14/h3-5,7,15H,6,12H2,1-2H3. The molecule has 0 aliphatic carbocycles. The van der Waals surface area contributed by atoms with E-state index in [2.05, 4.69) is 4.98 Å². The molecule has 0 aliphatic rings. The van der Waals surface area contributed by atoms with Crippen LogP contribution < -0.4 is 5.73 Å². The lowest BCUT2D eigenvalue weighted by Crippen LogP contribution is -2.25.